The summed E-state index contributed by atoms with van der Waals surface area (Å²) >= 11 is 0. The predicted molar refractivity (Wildman–Crippen MR) is 222 cm³/mol. The first-order valence-corrected chi connectivity index (χ1v) is 21.2. The van der Waals surface area contributed by atoms with Crippen LogP contribution < -0.4 is 0 Å². The molecule has 0 saturated carbocycles. The van der Waals surface area contributed by atoms with Gasteiger partial charge in [0.1, 0.15) is 0 Å². The summed E-state index contributed by atoms with van der Waals surface area (Å²) in [6.45, 7) is 13.8. The van der Waals surface area contributed by atoms with Crippen LogP contribution in [-0.4, -0.2) is 11.4 Å². The molecule has 0 amide bonds. The van der Waals surface area contributed by atoms with Crippen molar-refractivity contribution in [2.24, 2.45) is 9.98 Å². The molecule has 50 heavy (non-hydrogen) atoms. The summed E-state index contributed by atoms with van der Waals surface area (Å²) in [6, 6.07) is 14.1. The quantitative estimate of drug-likeness (QED) is 0.0447. The molecule has 0 N–H and O–H groups in total. The Balaban J connectivity index is 0.0000125. The van der Waals surface area contributed by atoms with Crippen LogP contribution >= 0.6 is 0 Å². The first-order chi connectivity index (χ1) is 24.1. The zero-order chi connectivity index (χ0) is 35.4. The molecule has 0 bridgehead atoms. The summed E-state index contributed by atoms with van der Waals surface area (Å²) in [5.74, 6) is 0. The van der Waals surface area contributed by atoms with E-state index in [-0.39, 0.29) is 20.4 Å². The van der Waals surface area contributed by atoms with Gasteiger partial charge in [0.05, 0.1) is 22.8 Å². The minimum atomic E-state index is 0. The molecule has 2 aromatic rings. The van der Waals surface area contributed by atoms with E-state index in [0.29, 0.717) is 0 Å². The van der Waals surface area contributed by atoms with Crippen LogP contribution in [0.4, 0.5) is 11.4 Å². The molecule has 0 aromatic heterocycles. The molecule has 0 aliphatic carbocycles. The summed E-state index contributed by atoms with van der Waals surface area (Å²) < 4.78 is 0. The van der Waals surface area contributed by atoms with Crippen molar-refractivity contribution in [2.75, 3.05) is 0 Å². The minimum absolute atomic E-state index is 0. The fourth-order valence-electron chi connectivity index (χ4n) is 6.65. The van der Waals surface area contributed by atoms with Gasteiger partial charge in [-0.2, -0.15) is 0 Å². The molecular weight excluding hydrogens is 699 g/mol. The van der Waals surface area contributed by atoms with E-state index in [1.807, 2.05) is 0 Å². The average molecular weight is 776 g/mol. The Morgan fingerprint density at radius 2 is 0.880 bits per heavy atom. The Hall–Kier alpha value is -1.82. The van der Waals surface area contributed by atoms with Crippen molar-refractivity contribution < 1.29 is 20.4 Å². The van der Waals surface area contributed by atoms with Gasteiger partial charge in [0, 0.05) is 20.4 Å². The van der Waals surface area contributed by atoms with Crippen LogP contribution in [0.1, 0.15) is 199 Å². The Labute approximate surface area is 324 Å². The Kier molecular flexibility index (Phi) is 28.4. The van der Waals surface area contributed by atoms with E-state index < -0.39 is 0 Å². The van der Waals surface area contributed by atoms with Crippen LogP contribution in [0.2, 0.25) is 0 Å². The number of benzene rings is 2. The molecule has 0 radical (unpaired) electrons. The molecule has 0 atom stereocenters. The summed E-state index contributed by atoms with van der Waals surface area (Å²) in [5.41, 5.74) is 10.4. The first kappa shape index (κ1) is 46.2. The van der Waals surface area contributed by atoms with E-state index >= 15 is 0 Å². The van der Waals surface area contributed by atoms with Crippen LogP contribution in [0.25, 0.3) is 0 Å². The van der Waals surface area contributed by atoms with E-state index in [9.17, 15) is 0 Å². The summed E-state index contributed by atoms with van der Waals surface area (Å²) in [7, 11) is 0. The van der Waals surface area contributed by atoms with Gasteiger partial charge in [-0.15, -0.1) is 0 Å². The van der Waals surface area contributed by atoms with Gasteiger partial charge >= 0.3 is 0 Å². The van der Waals surface area contributed by atoms with Gasteiger partial charge < -0.3 is 0 Å². The van der Waals surface area contributed by atoms with Crippen LogP contribution in [0.5, 0.6) is 0 Å². The summed E-state index contributed by atoms with van der Waals surface area (Å²) in [4.78, 5) is 10.9. The van der Waals surface area contributed by atoms with E-state index in [2.05, 4.69) is 90.1 Å². The van der Waals surface area contributed by atoms with Crippen molar-refractivity contribution in [2.45, 2.75) is 202 Å². The van der Waals surface area contributed by atoms with Crippen molar-refractivity contribution in [1.82, 2.24) is 0 Å². The van der Waals surface area contributed by atoms with E-state index in [4.69, 9.17) is 9.98 Å². The second-order valence-electron chi connectivity index (χ2n) is 14.5. The van der Waals surface area contributed by atoms with Gasteiger partial charge in [0.2, 0.25) is 0 Å². The third-order valence-corrected chi connectivity index (χ3v) is 9.90. The molecule has 3 heteroatoms. The van der Waals surface area contributed by atoms with Gasteiger partial charge in [0.25, 0.3) is 0 Å². The number of hydrogen-bond donors (Lipinski definition) is 0. The number of aliphatic imine (C=N–C) groups is 2. The maximum atomic E-state index is 5.46. The molecule has 0 saturated heterocycles. The molecule has 0 heterocycles. The second kappa shape index (κ2) is 30.8. The minimum Gasteiger partial charge on any atom is -0.251 e. The summed E-state index contributed by atoms with van der Waals surface area (Å²) in [5, 5.41) is 0. The number of unbranched alkanes of at least 4 members (excludes halogenated alkanes) is 14. The smallest absolute Gasteiger partial charge is 0.0848 e. The van der Waals surface area contributed by atoms with E-state index in [1.165, 1.54) is 151 Å². The number of allylic oxidation sites excluding steroid dienone is 2. The zero-order valence-corrected chi connectivity index (χ0v) is 35.1. The average Bonchev–Trinajstić information content (AvgIpc) is 3.12. The molecule has 2 nitrogen and oxygen atoms in total. The topological polar surface area (TPSA) is 24.7 Å². The fourth-order valence-corrected chi connectivity index (χ4v) is 6.65. The first-order valence-electron chi connectivity index (χ1n) is 21.2. The number of nitrogens with zero attached hydrogens (tertiary/aromatic N) is 2. The number of rotatable bonds is 29. The van der Waals surface area contributed by atoms with Gasteiger partial charge in [-0.05, 0) is 130 Å². The molecule has 0 aliphatic rings. The van der Waals surface area contributed by atoms with Gasteiger partial charge in [-0.3, -0.25) is 4.99 Å². The third kappa shape index (κ3) is 19.7. The van der Waals surface area contributed by atoms with Crippen molar-refractivity contribution in [3.05, 3.63) is 70.8 Å². The number of hydrogen-bond acceptors (Lipinski definition) is 2. The molecular formula is C47H76N2Pd. The Morgan fingerprint density at radius 1 is 0.460 bits per heavy atom. The molecule has 0 spiro atoms. The summed E-state index contributed by atoms with van der Waals surface area (Å²) in [6.07, 6.45) is 35.6. The van der Waals surface area contributed by atoms with Crippen LogP contribution in [-0.2, 0) is 46.1 Å². The Morgan fingerprint density at radius 3 is 1.38 bits per heavy atom. The number of aryl methyl sites for hydroxylation is 4. The van der Waals surface area contributed by atoms with Crippen molar-refractivity contribution in [3.8, 4) is 0 Å². The molecule has 0 unspecified atom stereocenters. The molecule has 0 fully saturated rings. The molecule has 284 valence electrons. The largest absolute Gasteiger partial charge is 0.251 e. The van der Waals surface area contributed by atoms with Crippen molar-refractivity contribution >= 4 is 22.8 Å². The van der Waals surface area contributed by atoms with Gasteiger partial charge in [-0.1, -0.05) is 143 Å². The Bertz CT molecular complexity index is 1220. The van der Waals surface area contributed by atoms with Crippen molar-refractivity contribution in [3.63, 3.8) is 0 Å². The molecule has 2 aromatic carbocycles. The molecule has 2 rings (SSSR count). The third-order valence-electron chi connectivity index (χ3n) is 9.90. The van der Waals surface area contributed by atoms with Gasteiger partial charge in [-0.25, -0.2) is 4.99 Å². The predicted octanol–water partition coefficient (Wildman–Crippen LogP) is 15.6. The monoisotopic (exact) mass is 775 g/mol. The normalized spacial score (nSPS) is 12.2. The van der Waals surface area contributed by atoms with E-state index in [0.717, 1.165) is 54.9 Å². The van der Waals surface area contributed by atoms with Crippen molar-refractivity contribution in [1.29, 1.82) is 0 Å². The van der Waals surface area contributed by atoms with Crippen LogP contribution in [0, 0.1) is 0 Å². The fraction of sp³-hybridized carbons (Fsp3) is 0.660. The standard InChI is InChI=1S/C47H76N2.Pd/c1-7-13-19-21-22-23-24-25-27-33-47(49-45-37-35-41(29-16-10-4)43(39-45)31-18-12-6)46(32-26-20-14-8-2)48-44-36-34-40(28-15-9-3)42(38-44)30-17-11-5;/h27,33-39H,7-26,28-32H2,1-6H3;/b33-27+,48-46+,49-47+;. The maximum absolute atomic E-state index is 5.46. The molecule has 0 aliphatic heterocycles. The van der Waals surface area contributed by atoms with E-state index in [1.54, 1.807) is 0 Å². The maximum Gasteiger partial charge on any atom is 0.0848 e. The second-order valence-corrected chi connectivity index (χ2v) is 14.5. The SMILES string of the molecule is CCCCCCCCC/C=C/C(=N\c1ccc(CCCC)c(CCCC)c1)C(/CCCCCC)=N/c1ccc(CCCC)c(CCCC)c1.[Pd]. The van der Waals surface area contributed by atoms with Crippen LogP contribution in [0.3, 0.4) is 0 Å². The zero-order valence-electron chi connectivity index (χ0n) is 33.5. The van der Waals surface area contributed by atoms with Gasteiger partial charge in [0.15, 0.2) is 0 Å². The van der Waals surface area contributed by atoms with Crippen LogP contribution in [0.15, 0.2) is 58.5 Å².